The normalized spacial score (nSPS) is 14.9. The molecule has 0 unspecified atom stereocenters. The van der Waals surface area contributed by atoms with Gasteiger partial charge in [0.05, 0.1) is 20.8 Å². The molecule has 2 aromatic carbocycles. The van der Waals surface area contributed by atoms with Crippen molar-refractivity contribution in [3.8, 4) is 0 Å². The molecule has 4 rings (SSSR count). The van der Waals surface area contributed by atoms with Crippen LogP contribution in [-0.4, -0.2) is 25.4 Å². The summed E-state index contributed by atoms with van der Waals surface area (Å²) in [7, 11) is -2.09. The number of carbonyl (C=O) groups excluding carboxylic acids is 1. The minimum absolute atomic E-state index is 0.0545. The van der Waals surface area contributed by atoms with Crippen LogP contribution in [0.1, 0.15) is 12.8 Å². The van der Waals surface area contributed by atoms with Crippen molar-refractivity contribution in [3.63, 3.8) is 0 Å². The van der Waals surface area contributed by atoms with Crippen LogP contribution >= 0.6 is 11.3 Å². The number of fused-ring (bicyclic) bond motifs is 1. The number of nitrogens with zero attached hydrogens (tertiary/aromatic N) is 2. The Labute approximate surface area is 159 Å². The first-order valence-electron chi connectivity index (χ1n) is 8.38. The number of thiazole rings is 1. The van der Waals surface area contributed by atoms with Gasteiger partial charge in [-0.25, -0.2) is 8.42 Å². The maximum atomic E-state index is 12.7. The van der Waals surface area contributed by atoms with Gasteiger partial charge in [0.15, 0.2) is 0 Å². The minimum Gasteiger partial charge on any atom is -0.312 e. The molecule has 27 heavy (non-hydrogen) atoms. The zero-order chi connectivity index (χ0) is 19.2. The topological polar surface area (TPSA) is 88.5 Å². The second kappa shape index (κ2) is 6.50. The SMILES string of the molecule is Cn1c(=O)sc2cc(NS(=O)(=O)c3ccc(N4CCCC4=O)cc3)ccc21. The van der Waals surface area contributed by atoms with E-state index >= 15 is 0 Å². The second-order valence-electron chi connectivity index (χ2n) is 6.36. The molecule has 0 saturated carbocycles. The first-order valence-corrected chi connectivity index (χ1v) is 10.7. The lowest BCUT2D eigenvalue weighted by Crippen LogP contribution is -2.23. The highest BCUT2D eigenvalue weighted by atomic mass is 32.2. The lowest BCUT2D eigenvalue weighted by atomic mass is 10.3. The highest BCUT2D eigenvalue weighted by Gasteiger charge is 2.22. The van der Waals surface area contributed by atoms with Gasteiger partial charge in [-0.3, -0.25) is 14.3 Å². The van der Waals surface area contributed by atoms with Crippen LogP contribution in [0, 0.1) is 0 Å². The van der Waals surface area contributed by atoms with Gasteiger partial charge in [-0.15, -0.1) is 0 Å². The number of rotatable bonds is 4. The van der Waals surface area contributed by atoms with Gasteiger partial charge < -0.3 is 9.47 Å². The molecule has 1 aromatic heterocycles. The molecule has 0 atom stereocenters. The molecule has 1 fully saturated rings. The molecule has 1 N–H and O–H groups in total. The van der Waals surface area contributed by atoms with E-state index in [1.165, 1.54) is 16.7 Å². The van der Waals surface area contributed by atoms with E-state index in [0.29, 0.717) is 29.0 Å². The largest absolute Gasteiger partial charge is 0.312 e. The molecule has 1 aliphatic rings. The van der Waals surface area contributed by atoms with Crippen LogP contribution in [0.4, 0.5) is 11.4 Å². The van der Waals surface area contributed by atoms with Gasteiger partial charge in [0.2, 0.25) is 5.91 Å². The van der Waals surface area contributed by atoms with Gasteiger partial charge in [0, 0.05) is 25.7 Å². The third-order valence-corrected chi connectivity index (χ3v) is 6.97. The third kappa shape index (κ3) is 3.24. The van der Waals surface area contributed by atoms with E-state index < -0.39 is 10.0 Å². The molecular formula is C18H17N3O4S2. The Morgan fingerprint density at radius 2 is 1.81 bits per heavy atom. The molecule has 0 aliphatic carbocycles. The lowest BCUT2D eigenvalue weighted by Gasteiger charge is -2.16. The predicted octanol–water partition coefficient (Wildman–Crippen LogP) is 2.53. The maximum Gasteiger partial charge on any atom is 0.307 e. The van der Waals surface area contributed by atoms with Crippen LogP contribution in [0.5, 0.6) is 0 Å². The molecule has 2 heterocycles. The number of nitrogens with one attached hydrogen (secondary N) is 1. The summed E-state index contributed by atoms with van der Waals surface area (Å²) in [4.78, 5) is 25.2. The molecule has 0 radical (unpaired) electrons. The fourth-order valence-electron chi connectivity index (χ4n) is 3.14. The Balaban J connectivity index is 1.59. The maximum absolute atomic E-state index is 12.7. The third-order valence-electron chi connectivity index (χ3n) is 4.58. The van der Waals surface area contributed by atoms with Gasteiger partial charge in [0.1, 0.15) is 0 Å². The average Bonchev–Trinajstić information content (AvgIpc) is 3.18. The Morgan fingerprint density at radius 3 is 2.48 bits per heavy atom. The molecule has 3 aromatic rings. The zero-order valence-corrected chi connectivity index (χ0v) is 16.1. The van der Waals surface area contributed by atoms with Gasteiger partial charge in [-0.2, -0.15) is 0 Å². The van der Waals surface area contributed by atoms with Crippen molar-refractivity contribution in [2.75, 3.05) is 16.2 Å². The monoisotopic (exact) mass is 403 g/mol. The van der Waals surface area contributed by atoms with E-state index in [4.69, 9.17) is 0 Å². The Bertz CT molecular complexity index is 1190. The zero-order valence-electron chi connectivity index (χ0n) is 14.5. The standard InChI is InChI=1S/C18H17N3O4S2/c1-20-15-9-4-12(11-16(15)26-18(20)23)19-27(24,25)14-7-5-13(6-8-14)21-10-2-3-17(21)22/h4-9,11,19H,2-3,10H2,1H3. The molecule has 9 heteroatoms. The summed E-state index contributed by atoms with van der Waals surface area (Å²) in [5.41, 5.74) is 1.85. The van der Waals surface area contributed by atoms with Crippen LogP contribution in [0.25, 0.3) is 10.2 Å². The Kier molecular flexibility index (Phi) is 4.27. The number of hydrogen-bond donors (Lipinski definition) is 1. The van der Waals surface area contributed by atoms with Gasteiger partial charge in [-0.05, 0) is 48.9 Å². The number of anilines is 2. The molecule has 1 saturated heterocycles. The molecule has 0 spiro atoms. The molecule has 1 amide bonds. The van der Waals surface area contributed by atoms with Gasteiger partial charge >= 0.3 is 4.87 Å². The quantitative estimate of drug-likeness (QED) is 0.725. The minimum atomic E-state index is -3.77. The van der Waals surface area contributed by atoms with Crippen molar-refractivity contribution in [2.45, 2.75) is 17.7 Å². The number of aromatic nitrogens is 1. The number of sulfonamides is 1. The first-order chi connectivity index (χ1) is 12.8. The fourth-order valence-corrected chi connectivity index (χ4v) is 5.11. The van der Waals surface area contributed by atoms with E-state index in [0.717, 1.165) is 23.3 Å². The summed E-state index contributed by atoms with van der Waals surface area (Å²) in [5, 5.41) is 0. The molecule has 140 valence electrons. The van der Waals surface area contributed by atoms with Gasteiger partial charge in [-0.1, -0.05) is 11.3 Å². The Hall–Kier alpha value is -2.65. The van der Waals surface area contributed by atoms with E-state index in [1.54, 1.807) is 42.3 Å². The molecule has 7 nitrogen and oxygen atoms in total. The molecule has 1 aliphatic heterocycles. The number of aryl methyl sites for hydroxylation is 1. The van der Waals surface area contributed by atoms with Crippen LogP contribution in [-0.2, 0) is 21.9 Å². The van der Waals surface area contributed by atoms with Crippen LogP contribution < -0.4 is 14.5 Å². The van der Waals surface area contributed by atoms with Crippen LogP contribution in [0.3, 0.4) is 0 Å². The van der Waals surface area contributed by atoms with E-state index in [2.05, 4.69) is 4.72 Å². The highest BCUT2D eigenvalue weighted by Crippen LogP contribution is 2.26. The summed E-state index contributed by atoms with van der Waals surface area (Å²) >= 11 is 1.07. The lowest BCUT2D eigenvalue weighted by molar-refractivity contribution is -0.117. The number of carbonyl (C=O) groups is 1. The van der Waals surface area contributed by atoms with Crippen molar-refractivity contribution >= 4 is 48.9 Å². The van der Waals surface area contributed by atoms with Crippen molar-refractivity contribution in [1.82, 2.24) is 4.57 Å². The number of benzene rings is 2. The van der Waals surface area contributed by atoms with E-state index in [9.17, 15) is 18.0 Å². The number of amides is 1. The summed E-state index contributed by atoms with van der Waals surface area (Å²) < 4.78 is 30.1. The fraction of sp³-hybridized carbons (Fsp3) is 0.222. The number of hydrogen-bond acceptors (Lipinski definition) is 5. The first kappa shape index (κ1) is 17.7. The van der Waals surface area contributed by atoms with Crippen molar-refractivity contribution in [2.24, 2.45) is 7.05 Å². The second-order valence-corrected chi connectivity index (χ2v) is 9.03. The van der Waals surface area contributed by atoms with E-state index in [1.807, 2.05) is 0 Å². The van der Waals surface area contributed by atoms with Crippen molar-refractivity contribution in [1.29, 1.82) is 0 Å². The van der Waals surface area contributed by atoms with Crippen molar-refractivity contribution in [3.05, 3.63) is 52.1 Å². The van der Waals surface area contributed by atoms with Crippen LogP contribution in [0.2, 0.25) is 0 Å². The van der Waals surface area contributed by atoms with E-state index in [-0.39, 0.29) is 15.7 Å². The predicted molar refractivity (Wildman–Crippen MR) is 106 cm³/mol. The highest BCUT2D eigenvalue weighted by molar-refractivity contribution is 7.92. The summed E-state index contributed by atoms with van der Waals surface area (Å²) in [6.45, 7) is 0.656. The Morgan fingerprint density at radius 1 is 1.07 bits per heavy atom. The van der Waals surface area contributed by atoms with Crippen molar-refractivity contribution < 1.29 is 13.2 Å². The summed E-state index contributed by atoms with van der Waals surface area (Å²) in [6.07, 6.45) is 1.34. The molecule has 0 bridgehead atoms. The van der Waals surface area contributed by atoms with Gasteiger partial charge in [0.25, 0.3) is 10.0 Å². The summed E-state index contributed by atoms with van der Waals surface area (Å²) in [5.74, 6) is 0.0545. The molecular weight excluding hydrogens is 386 g/mol. The van der Waals surface area contributed by atoms with Crippen LogP contribution in [0.15, 0.2) is 52.2 Å². The summed E-state index contributed by atoms with van der Waals surface area (Å²) in [6, 6.07) is 11.3. The average molecular weight is 403 g/mol. The smallest absolute Gasteiger partial charge is 0.307 e.